The molecule has 0 aliphatic carbocycles. The molecule has 0 unspecified atom stereocenters. The van der Waals surface area contributed by atoms with Crippen molar-refractivity contribution >= 4 is 34.8 Å². The van der Waals surface area contributed by atoms with Gasteiger partial charge in [0.15, 0.2) is 0 Å². The lowest BCUT2D eigenvalue weighted by Gasteiger charge is -2.22. The average molecular weight is 329 g/mol. The monoisotopic (exact) mass is 328 g/mol. The molecule has 0 aliphatic rings. The Hall–Kier alpha value is -1.33. The van der Waals surface area contributed by atoms with Gasteiger partial charge in [0, 0.05) is 16.8 Å². The van der Waals surface area contributed by atoms with Gasteiger partial charge in [0.05, 0.1) is 17.4 Å². The first-order valence-corrected chi connectivity index (χ1v) is 7.84. The summed E-state index contributed by atoms with van der Waals surface area (Å²) in [5.41, 5.74) is -0.509. The lowest BCUT2D eigenvalue weighted by atomic mass is 9.96. The van der Waals surface area contributed by atoms with E-state index in [-0.39, 0.29) is 18.4 Å². The van der Waals surface area contributed by atoms with Crippen LogP contribution in [0.2, 0.25) is 4.34 Å². The van der Waals surface area contributed by atoms with E-state index in [1.807, 2.05) is 26.8 Å². The van der Waals surface area contributed by atoms with Gasteiger partial charge in [-0.2, -0.15) is 0 Å². The van der Waals surface area contributed by atoms with Crippen molar-refractivity contribution in [1.29, 1.82) is 0 Å². The van der Waals surface area contributed by atoms with E-state index in [4.69, 9.17) is 11.6 Å². The Labute approximate surface area is 134 Å². The Balaban J connectivity index is 2.61. The van der Waals surface area contributed by atoms with Crippen molar-refractivity contribution in [3.05, 3.63) is 34.0 Å². The van der Waals surface area contributed by atoms with Gasteiger partial charge in [-0.3, -0.25) is 9.59 Å². The third-order valence-electron chi connectivity index (χ3n) is 2.76. The second-order valence-electron chi connectivity index (χ2n) is 5.70. The fraction of sp³-hybridized carbons (Fsp3) is 0.467. The van der Waals surface area contributed by atoms with E-state index < -0.39 is 5.41 Å². The van der Waals surface area contributed by atoms with Gasteiger partial charge < -0.3 is 10.2 Å². The lowest BCUT2D eigenvalue weighted by molar-refractivity contribution is -0.135. The van der Waals surface area contributed by atoms with Gasteiger partial charge in [-0.1, -0.05) is 38.4 Å². The minimum absolute atomic E-state index is 0.0109. The molecule has 0 saturated heterocycles. The van der Waals surface area contributed by atoms with Crippen LogP contribution in [0.5, 0.6) is 0 Å². The fourth-order valence-electron chi connectivity index (χ4n) is 1.57. The molecule has 0 aliphatic heterocycles. The molecule has 0 atom stereocenters. The smallest absolute Gasteiger partial charge is 0.242 e. The van der Waals surface area contributed by atoms with Gasteiger partial charge in [0.25, 0.3) is 0 Å². The molecule has 21 heavy (non-hydrogen) atoms. The number of hydrogen-bond acceptors (Lipinski definition) is 3. The number of nitrogens with zero attached hydrogens (tertiary/aromatic N) is 1. The molecule has 0 spiro atoms. The van der Waals surface area contributed by atoms with Crippen LogP contribution in [0.1, 0.15) is 25.6 Å². The van der Waals surface area contributed by atoms with Gasteiger partial charge in [-0.25, -0.2) is 0 Å². The topological polar surface area (TPSA) is 49.4 Å². The third-order valence-corrected chi connectivity index (χ3v) is 3.98. The number of hydrogen-bond donors (Lipinski definition) is 1. The fourth-order valence-corrected chi connectivity index (χ4v) is 2.67. The van der Waals surface area contributed by atoms with E-state index in [0.29, 0.717) is 17.4 Å². The van der Waals surface area contributed by atoms with Gasteiger partial charge in [-0.15, -0.1) is 17.9 Å². The van der Waals surface area contributed by atoms with Crippen molar-refractivity contribution in [2.24, 2.45) is 5.41 Å². The number of carbonyl (C=O) groups excluding carboxylic acids is 2. The summed E-state index contributed by atoms with van der Waals surface area (Å²) in [6, 6.07) is 3.70. The molecule has 116 valence electrons. The lowest BCUT2D eigenvalue weighted by Crippen LogP contribution is -2.43. The number of rotatable bonds is 6. The molecule has 1 aromatic heterocycles. The van der Waals surface area contributed by atoms with Crippen LogP contribution in [0.15, 0.2) is 24.8 Å². The molecule has 0 fully saturated rings. The van der Waals surface area contributed by atoms with Crippen molar-refractivity contribution in [1.82, 2.24) is 10.2 Å². The molecule has 0 aromatic carbocycles. The SMILES string of the molecule is C=CCN(Cc1ccc(Cl)s1)C(=O)CNC(=O)C(C)(C)C. The summed E-state index contributed by atoms with van der Waals surface area (Å²) in [4.78, 5) is 26.6. The van der Waals surface area contributed by atoms with Gasteiger partial charge in [0.2, 0.25) is 11.8 Å². The quantitative estimate of drug-likeness (QED) is 0.816. The van der Waals surface area contributed by atoms with Crippen LogP contribution in [0, 0.1) is 5.41 Å². The number of halogens is 1. The average Bonchev–Trinajstić information content (AvgIpc) is 2.79. The minimum atomic E-state index is -0.509. The molecule has 1 aromatic rings. The highest BCUT2D eigenvalue weighted by molar-refractivity contribution is 7.16. The first-order valence-electron chi connectivity index (χ1n) is 6.65. The predicted molar refractivity (Wildman–Crippen MR) is 87.4 cm³/mol. The van der Waals surface area contributed by atoms with E-state index in [1.165, 1.54) is 11.3 Å². The standard InChI is InChI=1S/C15H21ClN2O2S/c1-5-8-18(10-11-6-7-12(16)21-11)13(19)9-17-14(20)15(2,3)4/h5-7H,1,8-10H2,2-4H3,(H,17,20). The van der Waals surface area contributed by atoms with E-state index in [1.54, 1.807) is 17.0 Å². The van der Waals surface area contributed by atoms with Crippen LogP contribution in [-0.4, -0.2) is 29.8 Å². The first kappa shape index (κ1) is 17.7. The number of thiophene rings is 1. The number of nitrogens with one attached hydrogen (secondary N) is 1. The highest BCUT2D eigenvalue weighted by Crippen LogP contribution is 2.22. The normalized spacial score (nSPS) is 11.0. The van der Waals surface area contributed by atoms with Gasteiger partial charge >= 0.3 is 0 Å². The third kappa shape index (κ3) is 5.89. The second-order valence-corrected chi connectivity index (χ2v) is 7.50. The summed E-state index contributed by atoms with van der Waals surface area (Å²) in [5, 5.41) is 2.67. The Morgan fingerprint density at radius 3 is 2.57 bits per heavy atom. The molecule has 4 nitrogen and oxygen atoms in total. The Kier molecular flexibility index (Phi) is 6.42. The maximum Gasteiger partial charge on any atom is 0.242 e. The zero-order valence-electron chi connectivity index (χ0n) is 12.6. The molecule has 1 heterocycles. The Bertz CT molecular complexity index is 520. The van der Waals surface area contributed by atoms with Crippen molar-refractivity contribution < 1.29 is 9.59 Å². The van der Waals surface area contributed by atoms with Crippen molar-refractivity contribution in [3.8, 4) is 0 Å². The van der Waals surface area contributed by atoms with E-state index in [2.05, 4.69) is 11.9 Å². The van der Waals surface area contributed by atoms with Crippen molar-refractivity contribution in [2.45, 2.75) is 27.3 Å². The summed E-state index contributed by atoms with van der Waals surface area (Å²) in [6.07, 6.45) is 1.67. The largest absolute Gasteiger partial charge is 0.347 e. The molecular formula is C15H21ClN2O2S. The van der Waals surface area contributed by atoms with E-state index in [0.717, 1.165) is 4.88 Å². The molecular weight excluding hydrogens is 308 g/mol. The van der Waals surface area contributed by atoms with Gasteiger partial charge in [0.1, 0.15) is 0 Å². The summed E-state index contributed by atoms with van der Waals surface area (Å²) in [6.45, 7) is 9.97. The maximum atomic E-state index is 12.2. The number of carbonyl (C=O) groups is 2. The van der Waals surface area contributed by atoms with Crippen LogP contribution in [0.3, 0.4) is 0 Å². The van der Waals surface area contributed by atoms with Crippen molar-refractivity contribution in [2.75, 3.05) is 13.1 Å². The summed E-state index contributed by atoms with van der Waals surface area (Å²) in [7, 11) is 0. The summed E-state index contributed by atoms with van der Waals surface area (Å²) in [5.74, 6) is -0.286. The number of amides is 2. The van der Waals surface area contributed by atoms with Gasteiger partial charge in [-0.05, 0) is 12.1 Å². The highest BCUT2D eigenvalue weighted by Gasteiger charge is 2.22. The summed E-state index contributed by atoms with van der Waals surface area (Å²) < 4.78 is 0.692. The molecule has 2 amide bonds. The minimum Gasteiger partial charge on any atom is -0.347 e. The second kappa shape index (κ2) is 7.61. The van der Waals surface area contributed by atoms with E-state index in [9.17, 15) is 9.59 Å². The maximum absolute atomic E-state index is 12.2. The summed E-state index contributed by atoms with van der Waals surface area (Å²) >= 11 is 7.33. The van der Waals surface area contributed by atoms with Crippen molar-refractivity contribution in [3.63, 3.8) is 0 Å². The van der Waals surface area contributed by atoms with Crippen LogP contribution in [0.25, 0.3) is 0 Å². The molecule has 1 N–H and O–H groups in total. The Morgan fingerprint density at radius 2 is 2.10 bits per heavy atom. The molecule has 0 radical (unpaired) electrons. The molecule has 1 rings (SSSR count). The van der Waals surface area contributed by atoms with Crippen LogP contribution in [-0.2, 0) is 16.1 Å². The van der Waals surface area contributed by atoms with E-state index >= 15 is 0 Å². The van der Waals surface area contributed by atoms with Crippen LogP contribution < -0.4 is 5.32 Å². The zero-order chi connectivity index (χ0) is 16.0. The Morgan fingerprint density at radius 1 is 1.43 bits per heavy atom. The van der Waals surface area contributed by atoms with Crippen LogP contribution >= 0.6 is 22.9 Å². The first-order chi connectivity index (χ1) is 9.74. The highest BCUT2D eigenvalue weighted by atomic mass is 35.5. The molecule has 0 bridgehead atoms. The van der Waals surface area contributed by atoms with Crippen LogP contribution in [0.4, 0.5) is 0 Å². The predicted octanol–water partition coefficient (Wildman–Crippen LogP) is 3.08. The molecule has 0 saturated carbocycles. The zero-order valence-corrected chi connectivity index (χ0v) is 14.2. The molecule has 6 heteroatoms.